The van der Waals surface area contributed by atoms with Gasteiger partial charge < -0.3 is 24.1 Å². The van der Waals surface area contributed by atoms with Crippen molar-refractivity contribution in [2.75, 3.05) is 19.8 Å². The molecule has 0 aliphatic heterocycles. The van der Waals surface area contributed by atoms with Crippen molar-refractivity contribution in [3.8, 4) is 56.8 Å². The van der Waals surface area contributed by atoms with Crippen LogP contribution in [0, 0.1) is 5.41 Å². The number of rotatable bonds is 16. The van der Waals surface area contributed by atoms with Crippen LogP contribution in [-0.2, 0) is 28.6 Å². The molecular formula is C49H47N3O8. The number of hydrogen-bond donors (Lipinski definition) is 1. The number of benzene rings is 4. The summed E-state index contributed by atoms with van der Waals surface area (Å²) >= 11 is 0. The zero-order valence-electron chi connectivity index (χ0n) is 34.1. The lowest BCUT2D eigenvalue weighted by atomic mass is 9.92. The van der Waals surface area contributed by atoms with Gasteiger partial charge in [-0.15, -0.1) is 0 Å². The third-order valence-corrected chi connectivity index (χ3v) is 9.68. The first-order valence-electron chi connectivity index (χ1n) is 19.5. The van der Waals surface area contributed by atoms with Crippen molar-refractivity contribution in [3.05, 3.63) is 151 Å². The number of aromatic hydroxyl groups is 1. The van der Waals surface area contributed by atoms with Gasteiger partial charge in [0, 0.05) is 34.3 Å². The zero-order valence-corrected chi connectivity index (χ0v) is 34.1. The van der Waals surface area contributed by atoms with Gasteiger partial charge in [-0.3, -0.25) is 0 Å². The van der Waals surface area contributed by atoms with Gasteiger partial charge in [-0.05, 0) is 62.9 Å². The van der Waals surface area contributed by atoms with Crippen molar-refractivity contribution in [2.24, 2.45) is 5.41 Å². The molecule has 0 saturated heterocycles. The van der Waals surface area contributed by atoms with E-state index < -0.39 is 29.4 Å². The van der Waals surface area contributed by atoms with Crippen molar-refractivity contribution in [1.82, 2.24) is 15.0 Å². The Balaban J connectivity index is 1.22. The first-order valence-corrected chi connectivity index (χ1v) is 19.5. The number of carbonyl (C=O) groups is 3. The van der Waals surface area contributed by atoms with Gasteiger partial charge in [-0.25, -0.2) is 29.3 Å². The smallest absolute Gasteiger partial charge is 0.347 e. The van der Waals surface area contributed by atoms with Crippen molar-refractivity contribution in [3.63, 3.8) is 0 Å². The zero-order chi connectivity index (χ0) is 42.8. The van der Waals surface area contributed by atoms with Gasteiger partial charge in [0.25, 0.3) is 0 Å². The molecule has 1 heterocycles. The quantitative estimate of drug-likeness (QED) is 0.0578. The van der Waals surface area contributed by atoms with E-state index in [1.165, 1.54) is 32.4 Å². The Hall–Kier alpha value is -7.14. The molecular weight excluding hydrogens is 759 g/mol. The predicted octanol–water partition coefficient (Wildman–Crippen LogP) is 9.40. The van der Waals surface area contributed by atoms with Crippen molar-refractivity contribution in [2.45, 2.75) is 46.1 Å². The number of phenols is 1. The number of hydrogen-bond acceptors (Lipinski definition) is 11. The lowest BCUT2D eigenvalue weighted by molar-refractivity contribution is -0.162. The molecule has 0 fully saturated rings. The third kappa shape index (κ3) is 10.9. The van der Waals surface area contributed by atoms with Crippen LogP contribution in [0.25, 0.3) is 45.3 Å². The van der Waals surface area contributed by atoms with E-state index in [0.29, 0.717) is 17.2 Å². The van der Waals surface area contributed by atoms with Gasteiger partial charge in [0.15, 0.2) is 23.6 Å². The topological polar surface area (TPSA) is 147 Å². The Morgan fingerprint density at radius 2 is 1.25 bits per heavy atom. The number of esters is 3. The molecule has 1 aliphatic carbocycles. The van der Waals surface area contributed by atoms with Gasteiger partial charge in [0.05, 0.1) is 11.0 Å². The van der Waals surface area contributed by atoms with Crippen LogP contribution in [0.2, 0.25) is 0 Å². The minimum atomic E-state index is -1.12. The summed E-state index contributed by atoms with van der Waals surface area (Å²) in [6, 6.07) is 30.7. The highest BCUT2D eigenvalue weighted by Crippen LogP contribution is 2.34. The van der Waals surface area contributed by atoms with E-state index in [-0.39, 0.29) is 54.2 Å². The fourth-order valence-corrected chi connectivity index (χ4v) is 6.14. The van der Waals surface area contributed by atoms with E-state index in [2.05, 4.69) is 49.6 Å². The van der Waals surface area contributed by atoms with Crippen LogP contribution in [0.15, 0.2) is 146 Å². The van der Waals surface area contributed by atoms with Gasteiger partial charge in [-0.2, -0.15) is 0 Å². The van der Waals surface area contributed by atoms with Crippen LogP contribution in [0.3, 0.4) is 0 Å². The lowest BCUT2D eigenvalue weighted by Gasteiger charge is -2.28. The molecule has 306 valence electrons. The molecule has 1 aliphatic rings. The predicted molar refractivity (Wildman–Crippen MR) is 230 cm³/mol. The molecule has 11 heteroatoms. The summed E-state index contributed by atoms with van der Waals surface area (Å²) in [6.45, 7) is 12.6. The van der Waals surface area contributed by atoms with Crippen LogP contribution < -0.4 is 4.74 Å². The minimum absolute atomic E-state index is 0.183. The lowest BCUT2D eigenvalue weighted by Crippen LogP contribution is -2.38. The van der Waals surface area contributed by atoms with Crippen LogP contribution >= 0.6 is 0 Å². The summed E-state index contributed by atoms with van der Waals surface area (Å²) in [4.78, 5) is 51.8. The molecule has 2 unspecified atom stereocenters. The average Bonchev–Trinajstić information content (AvgIpc) is 3.27. The van der Waals surface area contributed by atoms with Gasteiger partial charge in [0.2, 0.25) is 0 Å². The molecule has 11 nitrogen and oxygen atoms in total. The second-order valence-corrected chi connectivity index (χ2v) is 15.1. The fourth-order valence-electron chi connectivity index (χ4n) is 6.14. The summed E-state index contributed by atoms with van der Waals surface area (Å²) in [7, 11) is 0. The Bertz CT molecular complexity index is 2410. The number of carbonyl (C=O) groups excluding carboxylic acids is 3. The molecule has 2 atom stereocenters. The number of allylic oxidation sites excluding steroid dienone is 4. The molecule has 0 saturated carbocycles. The van der Waals surface area contributed by atoms with Crippen LogP contribution in [0.1, 0.15) is 45.6 Å². The second kappa shape index (κ2) is 19.1. The highest BCUT2D eigenvalue weighted by Gasteiger charge is 2.32. The molecule has 4 aromatic carbocycles. The van der Waals surface area contributed by atoms with Crippen LogP contribution in [-0.4, -0.2) is 63.9 Å². The number of nitrogens with zero attached hydrogens (tertiary/aromatic N) is 3. The van der Waals surface area contributed by atoms with E-state index in [1.54, 1.807) is 19.1 Å². The summed E-state index contributed by atoms with van der Waals surface area (Å²) < 4.78 is 22.0. The molecule has 1 N–H and O–H groups in total. The molecule has 0 bridgehead atoms. The van der Waals surface area contributed by atoms with Gasteiger partial charge >= 0.3 is 17.9 Å². The Morgan fingerprint density at radius 1 is 0.717 bits per heavy atom. The van der Waals surface area contributed by atoms with E-state index in [0.717, 1.165) is 28.7 Å². The van der Waals surface area contributed by atoms with Crippen LogP contribution in [0.4, 0.5) is 0 Å². The summed E-state index contributed by atoms with van der Waals surface area (Å²) in [5, 5.41) is 11.4. The highest BCUT2D eigenvalue weighted by atomic mass is 16.6. The Morgan fingerprint density at radius 3 is 1.80 bits per heavy atom. The maximum Gasteiger partial charge on any atom is 0.347 e. The third-order valence-electron chi connectivity index (χ3n) is 9.68. The summed E-state index contributed by atoms with van der Waals surface area (Å²) in [5.74, 6) is -0.644. The SMILES string of the molecule is C=C(C)C(=O)OCC(C)(COC(=O)C(=C)C)COC(=O)C(C)Oc1ccc(-c2nc(-c3ccc(-c4ccccc4)cc3)nc(-c3ccc(C4C=CC=CC4)cc3)n2)c(O)c1. The molecule has 1 aromatic heterocycles. The Labute approximate surface area is 349 Å². The first kappa shape index (κ1) is 42.5. The molecule has 0 radical (unpaired) electrons. The van der Waals surface area contributed by atoms with Crippen molar-refractivity contribution < 1.29 is 38.4 Å². The molecule has 0 amide bonds. The number of aromatic nitrogens is 3. The standard InChI is InChI=1S/C49H47N3O8/c1-31(2)46(54)57-28-49(6,29-58-47(55)32(3)4)30-59-48(56)33(5)60-40-25-26-41(42(53)27-40)45-51-43(38-21-17-36(18-22-38)34-13-9-7-10-14-34)50-44(52-45)39-23-19-37(20-24-39)35-15-11-8-12-16-35/h7-15,17-27,33,35,53H,1,3,16,28-30H2,2,4-6H3. The van der Waals surface area contributed by atoms with Crippen LogP contribution in [0.5, 0.6) is 11.5 Å². The molecule has 60 heavy (non-hydrogen) atoms. The Kier molecular flexibility index (Phi) is 13.5. The monoisotopic (exact) mass is 805 g/mol. The minimum Gasteiger partial charge on any atom is -0.507 e. The van der Waals surface area contributed by atoms with E-state index >= 15 is 0 Å². The van der Waals surface area contributed by atoms with Crippen molar-refractivity contribution >= 4 is 17.9 Å². The maximum atomic E-state index is 13.1. The maximum absolute atomic E-state index is 13.1. The van der Waals surface area contributed by atoms with Gasteiger partial charge in [0.1, 0.15) is 31.3 Å². The second-order valence-electron chi connectivity index (χ2n) is 15.1. The fraction of sp³-hybridized carbons (Fsp3) is 0.224. The molecule has 6 rings (SSSR count). The molecule has 5 aromatic rings. The highest BCUT2D eigenvalue weighted by molar-refractivity contribution is 5.87. The van der Waals surface area contributed by atoms with E-state index in [1.807, 2.05) is 66.7 Å². The number of phenolic OH excluding ortho intramolecular Hbond substituents is 1. The van der Waals surface area contributed by atoms with Gasteiger partial charge in [-0.1, -0.05) is 116 Å². The summed E-state index contributed by atoms with van der Waals surface area (Å²) in [5.41, 5.74) is 4.46. The normalized spacial score (nSPS) is 13.8. The number of ether oxygens (including phenoxy) is 4. The average molecular weight is 806 g/mol. The first-order chi connectivity index (χ1) is 28.8. The largest absolute Gasteiger partial charge is 0.507 e. The van der Waals surface area contributed by atoms with E-state index in [4.69, 9.17) is 33.9 Å². The molecule has 0 spiro atoms. The van der Waals surface area contributed by atoms with Crippen molar-refractivity contribution in [1.29, 1.82) is 0 Å². The van der Waals surface area contributed by atoms with E-state index in [9.17, 15) is 19.5 Å². The summed E-state index contributed by atoms with van der Waals surface area (Å²) in [6.07, 6.45) is 8.26.